The Morgan fingerprint density at radius 1 is 1.36 bits per heavy atom. The lowest BCUT2D eigenvalue weighted by Gasteiger charge is -2.19. The van der Waals surface area contributed by atoms with E-state index in [-0.39, 0.29) is 0 Å². The largest absolute Gasteiger partial charge is 0.371 e. The third kappa shape index (κ3) is 5.74. The van der Waals surface area contributed by atoms with Crippen LogP contribution in [0.15, 0.2) is 44.3 Å². The summed E-state index contributed by atoms with van der Waals surface area (Å²) in [4.78, 5) is 7.09. The second-order valence-electron chi connectivity index (χ2n) is 7.53. The molecule has 0 saturated carbocycles. The molecule has 1 aliphatic heterocycles. The molecule has 0 amide bonds. The first-order valence-electron chi connectivity index (χ1n) is 10.0. The van der Waals surface area contributed by atoms with Gasteiger partial charge in [0.05, 0.1) is 5.69 Å². The van der Waals surface area contributed by atoms with Crippen LogP contribution in [0.4, 0.5) is 5.69 Å². The van der Waals surface area contributed by atoms with Crippen molar-refractivity contribution in [3.05, 3.63) is 46.3 Å². The van der Waals surface area contributed by atoms with Gasteiger partial charge in [-0.15, -0.1) is 0 Å². The Hall–Kier alpha value is -2.02. The summed E-state index contributed by atoms with van der Waals surface area (Å²) in [6.07, 6.45) is 1.18. The van der Waals surface area contributed by atoms with Crippen molar-refractivity contribution in [3.63, 3.8) is 0 Å². The third-order valence-electron chi connectivity index (χ3n) is 4.92. The number of nitrogens with one attached hydrogen (secondary N) is 2. The average Bonchev–Trinajstić information content (AvgIpc) is 3.34. The zero-order chi connectivity index (χ0) is 19.9. The molecule has 2 heterocycles. The van der Waals surface area contributed by atoms with Gasteiger partial charge in [-0.05, 0) is 43.4 Å². The van der Waals surface area contributed by atoms with Gasteiger partial charge in [-0.3, -0.25) is 0 Å². The first-order valence-corrected chi connectivity index (χ1v) is 10.8. The lowest BCUT2D eigenvalue weighted by atomic mass is 10.1. The molecule has 3 rings (SSSR count). The van der Waals surface area contributed by atoms with Crippen molar-refractivity contribution >= 4 is 27.6 Å². The maximum Gasteiger partial charge on any atom is 0.191 e. The lowest BCUT2D eigenvalue weighted by Crippen LogP contribution is -2.40. The third-order valence-corrected chi connectivity index (χ3v) is 5.42. The normalized spacial score (nSPS) is 17.4. The molecule has 0 spiro atoms. The van der Waals surface area contributed by atoms with Gasteiger partial charge in [-0.1, -0.05) is 41.0 Å². The van der Waals surface area contributed by atoms with Crippen LogP contribution in [0.1, 0.15) is 44.6 Å². The zero-order valence-electron chi connectivity index (χ0n) is 16.9. The van der Waals surface area contributed by atoms with Crippen LogP contribution in [-0.2, 0) is 6.54 Å². The van der Waals surface area contributed by atoms with E-state index in [0.29, 0.717) is 18.4 Å². The van der Waals surface area contributed by atoms with E-state index in [2.05, 4.69) is 86.6 Å². The van der Waals surface area contributed by atoms with Crippen LogP contribution in [0.3, 0.4) is 0 Å². The summed E-state index contributed by atoms with van der Waals surface area (Å²) in [7, 11) is 0. The second kappa shape index (κ2) is 9.96. The van der Waals surface area contributed by atoms with E-state index in [9.17, 15) is 0 Å². The van der Waals surface area contributed by atoms with E-state index in [1.54, 1.807) is 0 Å². The molecule has 1 unspecified atom stereocenters. The molecule has 1 aromatic heterocycles. The number of anilines is 1. The van der Waals surface area contributed by atoms with Gasteiger partial charge in [-0.2, -0.15) is 0 Å². The highest BCUT2D eigenvalue weighted by molar-refractivity contribution is 9.10. The molecular weight excluding hydrogens is 418 g/mol. The van der Waals surface area contributed by atoms with Crippen molar-refractivity contribution in [2.75, 3.05) is 31.1 Å². The van der Waals surface area contributed by atoms with Crippen LogP contribution in [0.5, 0.6) is 0 Å². The summed E-state index contributed by atoms with van der Waals surface area (Å²) in [6.45, 7) is 10.7. The van der Waals surface area contributed by atoms with Gasteiger partial charge in [0.15, 0.2) is 11.7 Å². The summed E-state index contributed by atoms with van der Waals surface area (Å²) in [5.41, 5.74) is 2.26. The molecule has 2 aromatic rings. The van der Waals surface area contributed by atoms with Crippen LogP contribution in [0.25, 0.3) is 0 Å². The highest BCUT2D eigenvalue weighted by Gasteiger charge is 2.23. The lowest BCUT2D eigenvalue weighted by molar-refractivity contribution is 0.376. The van der Waals surface area contributed by atoms with E-state index < -0.39 is 0 Å². The Morgan fingerprint density at radius 3 is 2.93 bits per heavy atom. The Labute approximate surface area is 175 Å². The SMILES string of the molecule is CCNC(=NCc1cc(C(C)C)no1)NCC1CCN(c2cccc(Br)c2)C1. The fourth-order valence-electron chi connectivity index (χ4n) is 3.32. The van der Waals surface area contributed by atoms with Crippen LogP contribution in [-0.4, -0.2) is 37.3 Å². The number of hydrogen-bond donors (Lipinski definition) is 2. The molecule has 0 radical (unpaired) electrons. The number of nitrogens with zero attached hydrogens (tertiary/aromatic N) is 3. The average molecular weight is 448 g/mol. The Kier molecular flexibility index (Phi) is 7.36. The monoisotopic (exact) mass is 447 g/mol. The van der Waals surface area contributed by atoms with E-state index >= 15 is 0 Å². The summed E-state index contributed by atoms with van der Waals surface area (Å²) < 4.78 is 6.51. The summed E-state index contributed by atoms with van der Waals surface area (Å²) in [5, 5.41) is 10.9. The highest BCUT2D eigenvalue weighted by atomic mass is 79.9. The molecule has 152 valence electrons. The molecule has 1 saturated heterocycles. The highest BCUT2D eigenvalue weighted by Crippen LogP contribution is 2.25. The van der Waals surface area contributed by atoms with Crippen LogP contribution in [0, 0.1) is 5.92 Å². The van der Waals surface area contributed by atoms with Crippen molar-refractivity contribution < 1.29 is 4.52 Å². The topological polar surface area (TPSA) is 65.7 Å². The van der Waals surface area contributed by atoms with E-state index in [4.69, 9.17) is 4.52 Å². The van der Waals surface area contributed by atoms with Gasteiger partial charge >= 0.3 is 0 Å². The Morgan fingerprint density at radius 2 is 2.21 bits per heavy atom. The Balaban J connectivity index is 1.51. The molecule has 1 fully saturated rings. The van der Waals surface area contributed by atoms with E-state index in [0.717, 1.165) is 48.1 Å². The van der Waals surface area contributed by atoms with Gasteiger partial charge in [-0.25, -0.2) is 4.99 Å². The second-order valence-corrected chi connectivity index (χ2v) is 8.45. The number of hydrogen-bond acceptors (Lipinski definition) is 4. The fraction of sp³-hybridized carbons (Fsp3) is 0.524. The molecule has 1 aromatic carbocycles. The minimum atomic E-state index is 0.364. The van der Waals surface area contributed by atoms with E-state index in [1.165, 1.54) is 12.1 Å². The predicted molar refractivity (Wildman–Crippen MR) is 118 cm³/mol. The number of aromatic nitrogens is 1. The number of guanidine groups is 1. The minimum Gasteiger partial charge on any atom is -0.371 e. The van der Waals surface area contributed by atoms with E-state index in [1.807, 2.05) is 6.07 Å². The van der Waals surface area contributed by atoms with Crippen molar-refractivity contribution in [1.82, 2.24) is 15.8 Å². The molecule has 7 heteroatoms. The molecule has 28 heavy (non-hydrogen) atoms. The van der Waals surface area contributed by atoms with Crippen molar-refractivity contribution in [3.8, 4) is 0 Å². The first-order chi connectivity index (χ1) is 13.5. The standard InChI is InChI=1S/C21H30BrN5O/c1-4-23-21(25-13-19-11-20(15(2)3)26-28-19)24-12-16-8-9-27(14-16)18-7-5-6-17(22)10-18/h5-7,10-11,15-16H,4,8-9,12-14H2,1-3H3,(H2,23,24,25). The van der Waals surface area contributed by atoms with Gasteiger partial charge in [0.1, 0.15) is 6.54 Å². The maximum atomic E-state index is 5.38. The quantitative estimate of drug-likeness (QED) is 0.492. The number of benzene rings is 1. The molecule has 1 aliphatic rings. The molecule has 1 atom stereocenters. The molecule has 6 nitrogen and oxygen atoms in total. The van der Waals surface area contributed by atoms with Gasteiger partial charge in [0.25, 0.3) is 0 Å². The molecule has 0 aliphatic carbocycles. The van der Waals surface area contributed by atoms with Crippen LogP contribution >= 0.6 is 15.9 Å². The van der Waals surface area contributed by atoms with Crippen molar-refractivity contribution in [2.45, 2.75) is 39.7 Å². The fourth-order valence-corrected chi connectivity index (χ4v) is 3.71. The number of halogens is 1. The summed E-state index contributed by atoms with van der Waals surface area (Å²) >= 11 is 3.56. The first kappa shape index (κ1) is 20.7. The predicted octanol–water partition coefficient (Wildman–Crippen LogP) is 4.14. The van der Waals surface area contributed by atoms with Gasteiger partial charge in [0.2, 0.25) is 0 Å². The minimum absolute atomic E-state index is 0.364. The van der Waals surface area contributed by atoms with Crippen molar-refractivity contribution in [1.29, 1.82) is 0 Å². The number of aliphatic imine (C=N–C) groups is 1. The summed E-state index contributed by atoms with van der Waals surface area (Å²) in [6, 6.07) is 10.5. The van der Waals surface area contributed by atoms with Gasteiger partial charge in [0, 0.05) is 42.4 Å². The molecule has 0 bridgehead atoms. The zero-order valence-corrected chi connectivity index (χ0v) is 18.5. The summed E-state index contributed by atoms with van der Waals surface area (Å²) in [5.74, 6) is 2.58. The molecule has 2 N–H and O–H groups in total. The van der Waals surface area contributed by atoms with Gasteiger partial charge < -0.3 is 20.1 Å². The smallest absolute Gasteiger partial charge is 0.191 e. The van der Waals surface area contributed by atoms with Crippen LogP contribution < -0.4 is 15.5 Å². The maximum absolute atomic E-state index is 5.38. The number of rotatable bonds is 7. The Bertz CT molecular complexity index is 789. The molecular formula is C21H30BrN5O. The van der Waals surface area contributed by atoms with Crippen molar-refractivity contribution in [2.24, 2.45) is 10.9 Å². The van der Waals surface area contributed by atoms with Crippen LogP contribution in [0.2, 0.25) is 0 Å².